The van der Waals surface area contributed by atoms with Crippen molar-refractivity contribution in [1.29, 1.82) is 0 Å². The number of hydrogen-bond acceptors (Lipinski definition) is 5. The standard InChI is InChI=1S/C78H151NO5/c1-3-5-7-9-11-13-15-17-18-19-42-45-48-52-56-60-64-68-72-78(83)84-73-69-65-61-57-53-49-46-43-40-38-36-34-32-30-28-26-24-22-20-21-23-25-27-29-31-33-35-37-39-41-44-47-51-55-59-63-67-71-77(82)79-75(74-80)76(81)70-66-62-58-54-50-16-14-12-10-8-6-4-2/h13,15,18-19,75-76,80-81H,3-12,14,16-17,20-74H2,1-2H3,(H,79,82)/b15-13-,19-18-. The Labute approximate surface area is 526 Å². The Morgan fingerprint density at radius 1 is 0.333 bits per heavy atom. The number of esters is 1. The van der Waals surface area contributed by atoms with Crippen molar-refractivity contribution in [2.24, 2.45) is 0 Å². The maximum absolute atomic E-state index is 12.5. The van der Waals surface area contributed by atoms with Gasteiger partial charge >= 0.3 is 5.97 Å². The van der Waals surface area contributed by atoms with E-state index in [1.54, 1.807) is 0 Å². The number of nitrogens with one attached hydrogen (secondary N) is 1. The summed E-state index contributed by atoms with van der Waals surface area (Å²) < 4.78 is 5.51. The average molecular weight is 1180 g/mol. The molecule has 84 heavy (non-hydrogen) atoms. The largest absolute Gasteiger partial charge is 0.466 e. The van der Waals surface area contributed by atoms with Gasteiger partial charge in [0.15, 0.2) is 0 Å². The lowest BCUT2D eigenvalue weighted by Crippen LogP contribution is -2.45. The average Bonchev–Trinajstić information content (AvgIpc) is 3.51. The molecule has 6 nitrogen and oxygen atoms in total. The van der Waals surface area contributed by atoms with E-state index in [0.29, 0.717) is 25.9 Å². The lowest BCUT2D eigenvalue weighted by Gasteiger charge is -2.22. The van der Waals surface area contributed by atoms with Crippen molar-refractivity contribution in [3.8, 4) is 0 Å². The second-order valence-electron chi connectivity index (χ2n) is 26.7. The molecule has 0 bridgehead atoms. The Kier molecular flexibility index (Phi) is 72.3. The van der Waals surface area contributed by atoms with Crippen molar-refractivity contribution in [2.45, 2.75) is 450 Å². The highest BCUT2D eigenvalue weighted by Gasteiger charge is 2.20. The van der Waals surface area contributed by atoms with Crippen molar-refractivity contribution >= 4 is 11.9 Å². The zero-order chi connectivity index (χ0) is 60.6. The maximum atomic E-state index is 12.5. The predicted octanol–water partition coefficient (Wildman–Crippen LogP) is 25.3. The summed E-state index contributed by atoms with van der Waals surface area (Å²) in [6.45, 7) is 4.97. The Morgan fingerprint density at radius 3 is 0.917 bits per heavy atom. The highest BCUT2D eigenvalue weighted by atomic mass is 16.5. The first-order valence-electron chi connectivity index (χ1n) is 38.6. The van der Waals surface area contributed by atoms with E-state index < -0.39 is 12.1 Å². The van der Waals surface area contributed by atoms with Crippen LogP contribution < -0.4 is 5.32 Å². The molecular formula is C78H151NO5. The third kappa shape index (κ3) is 69.4. The van der Waals surface area contributed by atoms with Crippen LogP contribution >= 0.6 is 0 Å². The first kappa shape index (κ1) is 82.3. The summed E-state index contributed by atoms with van der Waals surface area (Å²) in [6.07, 6.45) is 94.2. The first-order valence-corrected chi connectivity index (χ1v) is 38.6. The monoisotopic (exact) mass is 1180 g/mol. The van der Waals surface area contributed by atoms with E-state index in [2.05, 4.69) is 43.5 Å². The number of carbonyl (C=O) groups excluding carboxylic acids is 2. The maximum Gasteiger partial charge on any atom is 0.305 e. The molecule has 6 heteroatoms. The molecule has 0 rings (SSSR count). The van der Waals surface area contributed by atoms with Gasteiger partial charge in [0.1, 0.15) is 0 Å². The van der Waals surface area contributed by atoms with Crippen LogP contribution in [0.15, 0.2) is 24.3 Å². The van der Waals surface area contributed by atoms with Crippen LogP contribution in [-0.4, -0.2) is 47.4 Å². The molecule has 0 aliphatic rings. The summed E-state index contributed by atoms with van der Waals surface area (Å²) in [6, 6.07) is -0.535. The van der Waals surface area contributed by atoms with Gasteiger partial charge in [0.25, 0.3) is 0 Å². The van der Waals surface area contributed by atoms with Gasteiger partial charge in [-0.05, 0) is 57.8 Å². The number of ether oxygens (including phenoxy) is 1. The quantitative estimate of drug-likeness (QED) is 0.0320. The van der Waals surface area contributed by atoms with Crippen molar-refractivity contribution in [3.05, 3.63) is 24.3 Å². The van der Waals surface area contributed by atoms with Crippen LogP contribution in [0.1, 0.15) is 438 Å². The molecule has 0 aromatic heterocycles. The third-order valence-corrected chi connectivity index (χ3v) is 18.3. The van der Waals surface area contributed by atoms with Crippen LogP contribution in [0.25, 0.3) is 0 Å². The first-order chi connectivity index (χ1) is 41.5. The minimum Gasteiger partial charge on any atom is -0.466 e. The number of aliphatic hydroxyl groups excluding tert-OH is 2. The highest BCUT2D eigenvalue weighted by molar-refractivity contribution is 5.76. The molecule has 0 aliphatic carbocycles. The minimum absolute atomic E-state index is 0.0167. The number of rotatable bonds is 73. The summed E-state index contributed by atoms with van der Waals surface area (Å²) in [5.74, 6) is -0.0105. The normalized spacial score (nSPS) is 12.6. The van der Waals surface area contributed by atoms with Crippen molar-refractivity contribution in [1.82, 2.24) is 5.32 Å². The SMILES string of the molecule is CCCCCC/C=C\C/C=C\CCCCCCCCCC(=O)OCCCCCCCCCCCCCCCCCCCCCCCCCCCCCCCCCCCCCCCC(=O)NC(CO)C(O)CCCCCCCCCCCCCC. The molecule has 0 saturated carbocycles. The summed E-state index contributed by atoms with van der Waals surface area (Å²) in [5.41, 5.74) is 0. The molecule has 2 atom stereocenters. The van der Waals surface area contributed by atoms with Gasteiger partial charge in [0, 0.05) is 12.8 Å². The topological polar surface area (TPSA) is 95.9 Å². The molecular weight excluding hydrogens is 1030 g/mol. The fourth-order valence-electron chi connectivity index (χ4n) is 12.4. The lowest BCUT2D eigenvalue weighted by atomic mass is 10.0. The zero-order valence-corrected chi connectivity index (χ0v) is 57.2. The van der Waals surface area contributed by atoms with Crippen LogP contribution in [0.3, 0.4) is 0 Å². The van der Waals surface area contributed by atoms with E-state index in [0.717, 1.165) is 51.4 Å². The van der Waals surface area contributed by atoms with Gasteiger partial charge in [-0.1, -0.05) is 391 Å². The van der Waals surface area contributed by atoms with Gasteiger partial charge in [-0.15, -0.1) is 0 Å². The summed E-state index contributed by atoms with van der Waals surface area (Å²) in [7, 11) is 0. The Hall–Kier alpha value is -1.66. The van der Waals surface area contributed by atoms with E-state index in [1.165, 1.54) is 353 Å². The summed E-state index contributed by atoms with van der Waals surface area (Å²) >= 11 is 0. The van der Waals surface area contributed by atoms with E-state index in [4.69, 9.17) is 4.74 Å². The van der Waals surface area contributed by atoms with Crippen LogP contribution in [0.4, 0.5) is 0 Å². The van der Waals surface area contributed by atoms with E-state index in [-0.39, 0.29) is 18.5 Å². The van der Waals surface area contributed by atoms with E-state index in [9.17, 15) is 19.8 Å². The Balaban J connectivity index is 3.28. The third-order valence-electron chi connectivity index (χ3n) is 18.3. The summed E-state index contributed by atoms with van der Waals surface area (Å²) in [5, 5.41) is 23.3. The predicted molar refractivity (Wildman–Crippen MR) is 370 cm³/mol. The molecule has 0 fully saturated rings. The smallest absolute Gasteiger partial charge is 0.305 e. The van der Waals surface area contributed by atoms with Gasteiger partial charge in [-0.25, -0.2) is 0 Å². The van der Waals surface area contributed by atoms with Crippen LogP contribution in [0, 0.1) is 0 Å². The van der Waals surface area contributed by atoms with Gasteiger partial charge in [0.05, 0.1) is 25.4 Å². The molecule has 0 aliphatic heterocycles. The van der Waals surface area contributed by atoms with E-state index >= 15 is 0 Å². The number of aliphatic hydroxyl groups is 2. The number of allylic oxidation sites excluding steroid dienone is 4. The van der Waals surface area contributed by atoms with Gasteiger partial charge in [0.2, 0.25) is 5.91 Å². The molecule has 2 unspecified atom stereocenters. The fraction of sp³-hybridized carbons (Fsp3) is 0.923. The number of amides is 1. The zero-order valence-electron chi connectivity index (χ0n) is 57.2. The van der Waals surface area contributed by atoms with Crippen molar-refractivity contribution in [3.63, 3.8) is 0 Å². The Morgan fingerprint density at radius 2 is 0.595 bits per heavy atom. The van der Waals surface area contributed by atoms with Crippen molar-refractivity contribution in [2.75, 3.05) is 13.2 Å². The molecule has 0 saturated heterocycles. The summed E-state index contributed by atoms with van der Waals surface area (Å²) in [4.78, 5) is 24.6. The van der Waals surface area contributed by atoms with Gasteiger partial charge < -0.3 is 20.3 Å². The molecule has 0 aromatic rings. The molecule has 0 radical (unpaired) electrons. The molecule has 0 aromatic carbocycles. The fourth-order valence-corrected chi connectivity index (χ4v) is 12.4. The van der Waals surface area contributed by atoms with E-state index in [1.807, 2.05) is 0 Å². The molecule has 0 spiro atoms. The number of unbranched alkanes of at least 4 members (excludes halogenated alkanes) is 58. The highest BCUT2D eigenvalue weighted by Crippen LogP contribution is 2.20. The lowest BCUT2D eigenvalue weighted by molar-refractivity contribution is -0.143. The van der Waals surface area contributed by atoms with Crippen molar-refractivity contribution < 1.29 is 24.5 Å². The second-order valence-corrected chi connectivity index (χ2v) is 26.7. The molecule has 0 heterocycles. The number of carbonyl (C=O) groups is 2. The molecule has 3 N–H and O–H groups in total. The van der Waals surface area contributed by atoms with Crippen LogP contribution in [-0.2, 0) is 14.3 Å². The van der Waals surface area contributed by atoms with Crippen LogP contribution in [0.2, 0.25) is 0 Å². The van der Waals surface area contributed by atoms with Crippen LogP contribution in [0.5, 0.6) is 0 Å². The molecule has 1 amide bonds. The minimum atomic E-state index is -0.658. The van der Waals surface area contributed by atoms with Gasteiger partial charge in [-0.2, -0.15) is 0 Å². The Bertz CT molecular complexity index is 1320. The number of hydrogen-bond donors (Lipinski definition) is 3. The molecule has 498 valence electrons. The second kappa shape index (κ2) is 73.8. The van der Waals surface area contributed by atoms with Gasteiger partial charge in [-0.3, -0.25) is 9.59 Å².